The second-order valence-electron chi connectivity index (χ2n) is 6.12. The maximum absolute atomic E-state index is 12.3. The van der Waals surface area contributed by atoms with Crippen LogP contribution in [0.15, 0.2) is 23.3 Å². The number of hydrogen-bond donors (Lipinski definition) is 0. The van der Waals surface area contributed by atoms with Crippen molar-refractivity contribution in [2.45, 2.75) is 53.9 Å². The van der Waals surface area contributed by atoms with Gasteiger partial charge in [0, 0.05) is 18.7 Å². The van der Waals surface area contributed by atoms with Crippen LogP contribution in [0.25, 0.3) is 0 Å². The molecule has 0 aromatic rings. The van der Waals surface area contributed by atoms with Gasteiger partial charge in [0.1, 0.15) is 0 Å². The van der Waals surface area contributed by atoms with Crippen LogP contribution >= 0.6 is 0 Å². The van der Waals surface area contributed by atoms with Crippen LogP contribution in [0.2, 0.25) is 0 Å². The van der Waals surface area contributed by atoms with Crippen LogP contribution in [0.1, 0.15) is 53.9 Å². The molecule has 2 nitrogen and oxygen atoms in total. The van der Waals surface area contributed by atoms with Crippen LogP contribution in [0, 0.1) is 11.8 Å². The fourth-order valence-electron chi connectivity index (χ4n) is 2.97. The summed E-state index contributed by atoms with van der Waals surface area (Å²) in [4.78, 5) is 14.3. The summed E-state index contributed by atoms with van der Waals surface area (Å²) in [7, 11) is 0. The second-order valence-corrected chi connectivity index (χ2v) is 6.12. The van der Waals surface area contributed by atoms with Gasteiger partial charge in [-0.1, -0.05) is 39.3 Å². The van der Waals surface area contributed by atoms with Crippen LogP contribution in [0.5, 0.6) is 0 Å². The lowest BCUT2D eigenvalue weighted by Gasteiger charge is -2.25. The molecule has 0 N–H and O–H groups in total. The number of allylic oxidation sites excluding steroid dienone is 1. The minimum absolute atomic E-state index is 0.234. The molecule has 1 amide bonds. The van der Waals surface area contributed by atoms with Gasteiger partial charge in [-0.2, -0.15) is 0 Å². The monoisotopic (exact) mass is 263 g/mol. The van der Waals surface area contributed by atoms with E-state index < -0.39 is 0 Å². The third-order valence-corrected chi connectivity index (χ3v) is 3.80. The van der Waals surface area contributed by atoms with Gasteiger partial charge in [0.25, 0.3) is 0 Å². The van der Waals surface area contributed by atoms with Gasteiger partial charge < -0.3 is 4.90 Å². The predicted octanol–water partition coefficient (Wildman–Crippen LogP) is 4.18. The first kappa shape index (κ1) is 16.0. The Morgan fingerprint density at radius 2 is 2.05 bits per heavy atom. The van der Waals surface area contributed by atoms with Crippen LogP contribution in [0.3, 0.4) is 0 Å². The third-order valence-electron chi connectivity index (χ3n) is 3.80. The smallest absolute Gasteiger partial charge is 0.250 e. The Hall–Kier alpha value is -1.05. The average Bonchev–Trinajstić information content (AvgIpc) is 2.58. The summed E-state index contributed by atoms with van der Waals surface area (Å²) in [5, 5.41) is 0. The van der Waals surface area contributed by atoms with E-state index in [1.54, 1.807) is 0 Å². The van der Waals surface area contributed by atoms with Gasteiger partial charge in [-0.05, 0) is 44.1 Å². The fraction of sp³-hybridized carbons (Fsp3) is 0.706. The van der Waals surface area contributed by atoms with E-state index in [4.69, 9.17) is 0 Å². The minimum atomic E-state index is 0.234. The molecule has 1 atom stereocenters. The molecule has 0 spiro atoms. The fourth-order valence-corrected chi connectivity index (χ4v) is 2.97. The van der Waals surface area contributed by atoms with E-state index in [2.05, 4.69) is 26.8 Å². The number of carbonyl (C=O) groups excluding carboxylic acids is 1. The van der Waals surface area contributed by atoms with Crippen molar-refractivity contribution in [1.82, 2.24) is 4.90 Å². The van der Waals surface area contributed by atoms with E-state index in [-0.39, 0.29) is 5.91 Å². The molecule has 0 aromatic carbocycles. The second kappa shape index (κ2) is 7.52. The first-order valence-corrected chi connectivity index (χ1v) is 7.61. The standard InChI is InChI=1S/C17H29NO/c1-6-8-15(10-13(3)4)11-18-12-16(9-7-2)14(5)17(18)19/h7,9,13,15H,6,8,10-12H2,1-5H3. The zero-order valence-corrected chi connectivity index (χ0v) is 13.2. The Morgan fingerprint density at radius 3 is 2.58 bits per heavy atom. The molecule has 2 heteroatoms. The Morgan fingerprint density at radius 1 is 1.37 bits per heavy atom. The molecule has 0 fully saturated rings. The molecular formula is C17H29NO. The normalized spacial score (nSPS) is 18.2. The van der Waals surface area contributed by atoms with E-state index in [0.717, 1.165) is 18.7 Å². The third kappa shape index (κ3) is 4.52. The van der Waals surface area contributed by atoms with Crippen molar-refractivity contribution in [1.29, 1.82) is 0 Å². The van der Waals surface area contributed by atoms with Crippen molar-refractivity contribution in [3.05, 3.63) is 23.3 Å². The van der Waals surface area contributed by atoms with Crippen molar-refractivity contribution in [2.75, 3.05) is 13.1 Å². The number of nitrogens with zero attached hydrogens (tertiary/aromatic N) is 1. The Labute approximate surface area is 118 Å². The van der Waals surface area contributed by atoms with E-state index in [1.165, 1.54) is 24.8 Å². The Kier molecular flexibility index (Phi) is 6.33. The molecule has 1 aliphatic heterocycles. The highest BCUT2D eigenvalue weighted by Gasteiger charge is 2.27. The molecule has 1 aliphatic rings. The largest absolute Gasteiger partial charge is 0.334 e. The van der Waals surface area contributed by atoms with E-state index in [9.17, 15) is 4.79 Å². The van der Waals surface area contributed by atoms with Gasteiger partial charge in [0.05, 0.1) is 0 Å². The van der Waals surface area contributed by atoms with Gasteiger partial charge in [-0.3, -0.25) is 4.79 Å². The van der Waals surface area contributed by atoms with Gasteiger partial charge in [0.2, 0.25) is 5.91 Å². The summed E-state index contributed by atoms with van der Waals surface area (Å²) < 4.78 is 0. The summed E-state index contributed by atoms with van der Waals surface area (Å²) in [6.07, 6.45) is 7.74. The van der Waals surface area contributed by atoms with E-state index in [0.29, 0.717) is 11.8 Å². The van der Waals surface area contributed by atoms with Crippen molar-refractivity contribution < 1.29 is 4.79 Å². The molecule has 1 rings (SSSR count). The molecule has 0 aliphatic carbocycles. The SMILES string of the molecule is CC=CC1=C(C)C(=O)N(CC(CCC)CC(C)C)C1. The first-order valence-electron chi connectivity index (χ1n) is 7.61. The maximum Gasteiger partial charge on any atom is 0.250 e. The number of hydrogen-bond acceptors (Lipinski definition) is 1. The van der Waals surface area contributed by atoms with Gasteiger partial charge in [-0.15, -0.1) is 0 Å². The lowest BCUT2D eigenvalue weighted by molar-refractivity contribution is -0.126. The quantitative estimate of drug-likeness (QED) is 0.674. The molecule has 1 heterocycles. The van der Waals surface area contributed by atoms with Gasteiger partial charge in [-0.25, -0.2) is 0 Å². The molecule has 0 aromatic heterocycles. The van der Waals surface area contributed by atoms with Crippen molar-refractivity contribution >= 4 is 5.91 Å². The summed E-state index contributed by atoms with van der Waals surface area (Å²) in [6, 6.07) is 0. The Balaban J connectivity index is 2.65. The molecule has 0 bridgehead atoms. The number of carbonyl (C=O) groups is 1. The summed E-state index contributed by atoms with van der Waals surface area (Å²) in [5.74, 6) is 1.59. The highest BCUT2D eigenvalue weighted by atomic mass is 16.2. The molecule has 108 valence electrons. The lowest BCUT2D eigenvalue weighted by atomic mass is 9.92. The molecule has 0 saturated carbocycles. The van der Waals surface area contributed by atoms with Crippen LogP contribution in [0.4, 0.5) is 0 Å². The Bertz CT molecular complexity index is 365. The van der Waals surface area contributed by atoms with Crippen molar-refractivity contribution in [2.24, 2.45) is 11.8 Å². The first-order chi connectivity index (χ1) is 8.99. The molecule has 0 saturated heterocycles. The van der Waals surface area contributed by atoms with Crippen LogP contribution in [-0.2, 0) is 4.79 Å². The molecule has 1 unspecified atom stereocenters. The lowest BCUT2D eigenvalue weighted by Crippen LogP contribution is -2.32. The number of amides is 1. The summed E-state index contributed by atoms with van der Waals surface area (Å²) >= 11 is 0. The van der Waals surface area contributed by atoms with E-state index in [1.807, 2.05) is 24.8 Å². The van der Waals surface area contributed by atoms with Crippen LogP contribution < -0.4 is 0 Å². The average molecular weight is 263 g/mol. The minimum Gasteiger partial charge on any atom is -0.334 e. The summed E-state index contributed by atoms with van der Waals surface area (Å²) in [6.45, 7) is 12.4. The number of rotatable bonds is 7. The maximum atomic E-state index is 12.3. The van der Waals surface area contributed by atoms with Gasteiger partial charge >= 0.3 is 0 Å². The highest BCUT2D eigenvalue weighted by molar-refractivity contribution is 5.97. The van der Waals surface area contributed by atoms with Crippen molar-refractivity contribution in [3.8, 4) is 0 Å². The van der Waals surface area contributed by atoms with E-state index >= 15 is 0 Å². The molecule has 0 radical (unpaired) electrons. The zero-order valence-electron chi connectivity index (χ0n) is 13.2. The van der Waals surface area contributed by atoms with Crippen molar-refractivity contribution in [3.63, 3.8) is 0 Å². The summed E-state index contributed by atoms with van der Waals surface area (Å²) in [5.41, 5.74) is 2.12. The molecular weight excluding hydrogens is 234 g/mol. The highest BCUT2D eigenvalue weighted by Crippen LogP contribution is 2.24. The van der Waals surface area contributed by atoms with Crippen LogP contribution in [-0.4, -0.2) is 23.9 Å². The predicted molar refractivity (Wildman–Crippen MR) is 81.9 cm³/mol. The molecule has 19 heavy (non-hydrogen) atoms. The zero-order chi connectivity index (χ0) is 14.4. The van der Waals surface area contributed by atoms with Gasteiger partial charge in [0.15, 0.2) is 0 Å². The topological polar surface area (TPSA) is 20.3 Å².